The maximum Gasteiger partial charge on any atom is -0.00151 e. The Kier molecular flexibility index (Phi) is 2.37. The highest BCUT2D eigenvalue weighted by molar-refractivity contribution is 5.04. The molecule has 12 heavy (non-hydrogen) atoms. The lowest BCUT2D eigenvalue weighted by Gasteiger charge is -2.23. The lowest BCUT2D eigenvalue weighted by molar-refractivity contribution is 0.319. The molecular weight excluding hydrogens is 148 g/mol. The second-order valence-electron chi connectivity index (χ2n) is 4.32. The smallest absolute Gasteiger partial charge is 0.00151 e. The number of hydrogen-bond acceptors (Lipinski definition) is 2. The van der Waals surface area contributed by atoms with Gasteiger partial charge in [-0.2, -0.15) is 0 Å². The van der Waals surface area contributed by atoms with Crippen molar-refractivity contribution in [1.29, 1.82) is 0 Å². The van der Waals surface area contributed by atoms with Gasteiger partial charge in [0.25, 0.3) is 0 Å². The Hall–Kier alpha value is -0.0800. The van der Waals surface area contributed by atoms with Crippen LogP contribution in [0.3, 0.4) is 0 Å². The molecule has 0 radical (unpaired) electrons. The Morgan fingerprint density at radius 2 is 2.17 bits per heavy atom. The van der Waals surface area contributed by atoms with Gasteiger partial charge in [-0.15, -0.1) is 0 Å². The van der Waals surface area contributed by atoms with E-state index in [2.05, 4.69) is 17.6 Å². The van der Waals surface area contributed by atoms with E-state index in [0.29, 0.717) is 0 Å². The van der Waals surface area contributed by atoms with Crippen LogP contribution in [0.15, 0.2) is 0 Å². The molecule has 0 amide bonds. The van der Waals surface area contributed by atoms with Crippen molar-refractivity contribution in [2.24, 2.45) is 11.3 Å². The summed E-state index contributed by atoms with van der Waals surface area (Å²) in [7, 11) is 0. The number of piperidine rings is 1. The number of rotatable bonds is 3. The van der Waals surface area contributed by atoms with Crippen LogP contribution in [0.2, 0.25) is 0 Å². The Bertz CT molecular complexity index is 148. The molecule has 1 saturated heterocycles. The van der Waals surface area contributed by atoms with E-state index >= 15 is 0 Å². The van der Waals surface area contributed by atoms with Crippen molar-refractivity contribution in [3.8, 4) is 0 Å². The van der Waals surface area contributed by atoms with Crippen molar-refractivity contribution in [3.05, 3.63) is 0 Å². The van der Waals surface area contributed by atoms with E-state index in [0.717, 1.165) is 17.9 Å². The molecule has 0 aromatic carbocycles. The summed E-state index contributed by atoms with van der Waals surface area (Å²) in [6.45, 7) is 7.09. The van der Waals surface area contributed by atoms with Crippen molar-refractivity contribution in [2.45, 2.75) is 26.2 Å². The van der Waals surface area contributed by atoms with Gasteiger partial charge in [-0.3, -0.25) is 0 Å². The predicted molar refractivity (Wildman–Crippen MR) is 51.2 cm³/mol. The SMILES string of the molecule is CCNCC1CC12CCNCC2. The van der Waals surface area contributed by atoms with Gasteiger partial charge in [0.05, 0.1) is 0 Å². The normalized spacial score (nSPS) is 32.2. The lowest BCUT2D eigenvalue weighted by atomic mass is 9.92. The monoisotopic (exact) mass is 168 g/mol. The van der Waals surface area contributed by atoms with Crippen molar-refractivity contribution in [2.75, 3.05) is 26.2 Å². The Morgan fingerprint density at radius 1 is 1.42 bits per heavy atom. The van der Waals surface area contributed by atoms with Crippen molar-refractivity contribution < 1.29 is 0 Å². The van der Waals surface area contributed by atoms with Gasteiger partial charge in [0.1, 0.15) is 0 Å². The fraction of sp³-hybridized carbons (Fsp3) is 1.00. The highest BCUT2D eigenvalue weighted by Gasteiger charge is 2.52. The third kappa shape index (κ3) is 1.50. The van der Waals surface area contributed by atoms with Crippen LogP contribution < -0.4 is 10.6 Å². The van der Waals surface area contributed by atoms with Crippen LogP contribution in [0, 0.1) is 11.3 Å². The summed E-state index contributed by atoms with van der Waals surface area (Å²) >= 11 is 0. The zero-order valence-corrected chi connectivity index (χ0v) is 8.03. The van der Waals surface area contributed by atoms with Crippen LogP contribution in [0.25, 0.3) is 0 Å². The molecule has 1 spiro atoms. The minimum absolute atomic E-state index is 0.771. The van der Waals surface area contributed by atoms with Crippen LogP contribution in [-0.2, 0) is 0 Å². The molecule has 1 aliphatic carbocycles. The van der Waals surface area contributed by atoms with Crippen LogP contribution in [0.5, 0.6) is 0 Å². The first kappa shape index (κ1) is 8.52. The molecule has 0 aromatic rings. The van der Waals surface area contributed by atoms with Gasteiger partial charge >= 0.3 is 0 Å². The van der Waals surface area contributed by atoms with Gasteiger partial charge in [-0.1, -0.05) is 6.92 Å². The van der Waals surface area contributed by atoms with Gasteiger partial charge in [0.2, 0.25) is 0 Å². The fourth-order valence-electron chi connectivity index (χ4n) is 2.58. The van der Waals surface area contributed by atoms with E-state index < -0.39 is 0 Å². The second kappa shape index (κ2) is 3.35. The molecule has 0 aromatic heterocycles. The van der Waals surface area contributed by atoms with Crippen molar-refractivity contribution >= 4 is 0 Å². The summed E-state index contributed by atoms with van der Waals surface area (Å²) in [4.78, 5) is 0. The molecule has 0 bridgehead atoms. The lowest BCUT2D eigenvalue weighted by Crippen LogP contribution is -2.31. The van der Waals surface area contributed by atoms with Crippen LogP contribution in [0.4, 0.5) is 0 Å². The van der Waals surface area contributed by atoms with Gasteiger partial charge in [-0.25, -0.2) is 0 Å². The first-order valence-electron chi connectivity index (χ1n) is 5.29. The molecule has 2 heteroatoms. The molecular formula is C10H20N2. The van der Waals surface area contributed by atoms with Gasteiger partial charge in [0, 0.05) is 0 Å². The van der Waals surface area contributed by atoms with E-state index in [4.69, 9.17) is 0 Å². The Morgan fingerprint density at radius 3 is 2.83 bits per heavy atom. The summed E-state index contributed by atoms with van der Waals surface area (Å²) in [6, 6.07) is 0. The largest absolute Gasteiger partial charge is 0.317 e. The van der Waals surface area contributed by atoms with Gasteiger partial charge < -0.3 is 10.6 Å². The molecule has 1 aliphatic heterocycles. The summed E-state index contributed by atoms with van der Waals surface area (Å²) < 4.78 is 0. The molecule has 2 nitrogen and oxygen atoms in total. The molecule has 2 fully saturated rings. The second-order valence-corrected chi connectivity index (χ2v) is 4.32. The highest BCUT2D eigenvalue weighted by atomic mass is 14.9. The minimum atomic E-state index is 0.771. The molecule has 1 unspecified atom stereocenters. The molecule has 1 heterocycles. The van der Waals surface area contributed by atoms with Crippen LogP contribution >= 0.6 is 0 Å². The number of nitrogens with one attached hydrogen (secondary N) is 2. The predicted octanol–water partition coefficient (Wildman–Crippen LogP) is 0.986. The van der Waals surface area contributed by atoms with E-state index in [1.54, 1.807) is 0 Å². The molecule has 1 saturated carbocycles. The summed E-state index contributed by atoms with van der Waals surface area (Å²) in [5.74, 6) is 1.000. The van der Waals surface area contributed by atoms with E-state index in [-0.39, 0.29) is 0 Å². The molecule has 2 rings (SSSR count). The van der Waals surface area contributed by atoms with Crippen molar-refractivity contribution in [1.82, 2.24) is 10.6 Å². The quantitative estimate of drug-likeness (QED) is 0.656. The topological polar surface area (TPSA) is 24.1 Å². The summed E-state index contributed by atoms with van der Waals surface area (Å²) in [6.07, 6.45) is 4.33. The van der Waals surface area contributed by atoms with E-state index in [9.17, 15) is 0 Å². The Balaban J connectivity index is 1.75. The first-order chi connectivity index (χ1) is 5.87. The molecule has 1 atom stereocenters. The van der Waals surface area contributed by atoms with Crippen LogP contribution in [-0.4, -0.2) is 26.2 Å². The zero-order valence-electron chi connectivity index (χ0n) is 8.03. The molecule has 2 N–H and O–H groups in total. The number of hydrogen-bond donors (Lipinski definition) is 2. The summed E-state index contributed by atoms with van der Waals surface area (Å²) in [5, 5.41) is 6.90. The molecule has 2 aliphatic rings. The average molecular weight is 168 g/mol. The fourth-order valence-corrected chi connectivity index (χ4v) is 2.58. The average Bonchev–Trinajstić information content (AvgIpc) is 2.77. The zero-order chi connectivity index (χ0) is 8.44. The minimum Gasteiger partial charge on any atom is -0.317 e. The standard InChI is InChI=1S/C10H20N2/c1-2-11-8-9-7-10(9)3-5-12-6-4-10/h9,11-12H,2-8H2,1H3. The van der Waals surface area contributed by atoms with E-state index in [1.165, 1.54) is 38.9 Å². The van der Waals surface area contributed by atoms with Crippen molar-refractivity contribution in [3.63, 3.8) is 0 Å². The Labute approximate surface area is 75.1 Å². The van der Waals surface area contributed by atoms with E-state index in [1.807, 2.05) is 0 Å². The van der Waals surface area contributed by atoms with Gasteiger partial charge in [-0.05, 0) is 56.8 Å². The maximum absolute atomic E-state index is 3.46. The maximum atomic E-state index is 3.46. The summed E-state index contributed by atoms with van der Waals surface area (Å²) in [5.41, 5.74) is 0.771. The molecule has 70 valence electrons. The third-order valence-electron chi connectivity index (χ3n) is 3.60. The third-order valence-corrected chi connectivity index (χ3v) is 3.60. The van der Waals surface area contributed by atoms with Crippen LogP contribution in [0.1, 0.15) is 26.2 Å². The first-order valence-corrected chi connectivity index (χ1v) is 5.29. The highest BCUT2D eigenvalue weighted by Crippen LogP contribution is 2.58. The van der Waals surface area contributed by atoms with Gasteiger partial charge in [0.15, 0.2) is 0 Å².